The molecule has 0 radical (unpaired) electrons. The number of hydrogen-bond donors (Lipinski definition) is 1. The lowest BCUT2D eigenvalue weighted by Gasteiger charge is -2.42. The van der Waals surface area contributed by atoms with E-state index in [9.17, 15) is 9.18 Å². The summed E-state index contributed by atoms with van der Waals surface area (Å²) in [4.78, 5) is 27.6. The smallest absolute Gasteiger partial charge is 0.240 e. The van der Waals surface area contributed by atoms with Gasteiger partial charge in [0.1, 0.15) is 16.4 Å². The van der Waals surface area contributed by atoms with Gasteiger partial charge in [0, 0.05) is 17.7 Å². The maximum Gasteiger partial charge on any atom is 0.240 e. The van der Waals surface area contributed by atoms with Gasteiger partial charge in [0.05, 0.1) is 43.1 Å². The number of morpholine rings is 1. The Labute approximate surface area is 218 Å². The summed E-state index contributed by atoms with van der Waals surface area (Å²) in [6.07, 6.45) is 3.07. The first-order valence-corrected chi connectivity index (χ1v) is 12.9. The Bertz CT molecular complexity index is 1350. The number of halogens is 2. The third-order valence-corrected chi connectivity index (χ3v) is 8.72. The highest BCUT2D eigenvalue weighted by Crippen LogP contribution is 2.66. The zero-order valence-electron chi connectivity index (χ0n) is 20.7. The summed E-state index contributed by atoms with van der Waals surface area (Å²) >= 11 is 1.26. The molecule has 37 heavy (non-hydrogen) atoms. The van der Waals surface area contributed by atoms with E-state index in [0.717, 1.165) is 0 Å². The molecule has 3 aliphatic rings. The van der Waals surface area contributed by atoms with Gasteiger partial charge in [0.2, 0.25) is 11.6 Å². The average Bonchev–Trinajstić information content (AvgIpc) is 3.61. The minimum absolute atomic E-state index is 0.0219. The maximum absolute atomic E-state index is 15.3. The van der Waals surface area contributed by atoms with Crippen LogP contribution in [0.2, 0.25) is 0 Å². The molecule has 192 valence electrons. The van der Waals surface area contributed by atoms with Crippen LogP contribution in [0.5, 0.6) is 0 Å². The van der Waals surface area contributed by atoms with Gasteiger partial charge >= 0.3 is 0 Å². The number of benzene rings is 1. The van der Waals surface area contributed by atoms with Crippen molar-refractivity contribution in [1.82, 2.24) is 9.88 Å². The van der Waals surface area contributed by atoms with E-state index in [1.54, 1.807) is 13.0 Å². The molecule has 1 amide bonds. The van der Waals surface area contributed by atoms with Crippen LogP contribution in [-0.2, 0) is 15.1 Å². The van der Waals surface area contributed by atoms with Gasteiger partial charge in [-0.3, -0.25) is 14.8 Å². The maximum atomic E-state index is 15.3. The van der Waals surface area contributed by atoms with Gasteiger partial charge < -0.3 is 15.4 Å². The van der Waals surface area contributed by atoms with Crippen molar-refractivity contribution in [2.24, 2.45) is 16.6 Å². The highest BCUT2D eigenvalue weighted by atomic mass is 32.2. The summed E-state index contributed by atoms with van der Waals surface area (Å²) < 4.78 is 35.0. The molecule has 1 saturated carbocycles. The van der Waals surface area contributed by atoms with Crippen LogP contribution in [0.3, 0.4) is 0 Å². The van der Waals surface area contributed by atoms with E-state index in [1.165, 1.54) is 48.3 Å². The number of aliphatic imine (C=N–C) groups is 1. The first-order chi connectivity index (χ1) is 17.6. The van der Waals surface area contributed by atoms with Gasteiger partial charge in [-0.2, -0.15) is 0 Å². The number of nitrogens with zero attached hydrogens (tertiary/aromatic N) is 4. The van der Waals surface area contributed by atoms with Crippen LogP contribution in [0.25, 0.3) is 16.7 Å². The van der Waals surface area contributed by atoms with Gasteiger partial charge in [0.15, 0.2) is 5.17 Å². The molecule has 1 saturated heterocycles. The van der Waals surface area contributed by atoms with Crippen molar-refractivity contribution >= 4 is 40.4 Å². The lowest BCUT2D eigenvalue weighted by atomic mass is 9.84. The van der Waals surface area contributed by atoms with Crippen LogP contribution in [0.1, 0.15) is 44.0 Å². The molecule has 2 aromatic rings. The van der Waals surface area contributed by atoms with Crippen LogP contribution < -0.4 is 5.73 Å². The van der Waals surface area contributed by atoms with E-state index in [0.29, 0.717) is 30.9 Å². The third kappa shape index (κ3) is 4.30. The molecule has 2 fully saturated rings. The first-order valence-electron chi connectivity index (χ1n) is 12.0. The van der Waals surface area contributed by atoms with Crippen molar-refractivity contribution in [3.63, 3.8) is 0 Å². The number of ether oxygens (including phenoxy) is 1. The molecule has 3 heterocycles. The van der Waals surface area contributed by atoms with E-state index in [1.807, 2.05) is 18.7 Å². The van der Waals surface area contributed by atoms with Crippen LogP contribution in [0, 0.1) is 18.3 Å². The quantitative estimate of drug-likeness (QED) is 0.576. The molecule has 2 aliphatic heterocycles. The predicted molar refractivity (Wildman–Crippen MR) is 140 cm³/mol. The monoisotopic (exact) mass is 523 g/mol. The molecule has 7 nitrogen and oxygen atoms in total. The summed E-state index contributed by atoms with van der Waals surface area (Å²) in [6.45, 7) is 13.6. The molecule has 0 spiro atoms. The van der Waals surface area contributed by atoms with E-state index in [2.05, 4.69) is 14.8 Å². The van der Waals surface area contributed by atoms with E-state index < -0.39 is 21.9 Å². The molecule has 0 bridgehead atoms. The zero-order valence-corrected chi connectivity index (χ0v) is 21.6. The lowest BCUT2D eigenvalue weighted by Crippen LogP contribution is -2.57. The van der Waals surface area contributed by atoms with Crippen molar-refractivity contribution in [3.8, 4) is 0 Å². The Kier molecular flexibility index (Phi) is 6.32. The highest BCUT2D eigenvalue weighted by molar-refractivity contribution is 8.15. The molecule has 5 atom stereocenters. The molecule has 2 N–H and O–H groups in total. The molecule has 1 aliphatic carbocycles. The Balaban J connectivity index is 1.48. The minimum Gasteiger partial charge on any atom is -0.378 e. The zero-order chi connectivity index (χ0) is 26.5. The van der Waals surface area contributed by atoms with E-state index in [4.69, 9.17) is 17.0 Å². The van der Waals surface area contributed by atoms with Crippen molar-refractivity contribution < 1.29 is 18.3 Å². The summed E-state index contributed by atoms with van der Waals surface area (Å²) in [7, 11) is 0. The number of fused-ring (bicyclic) bond motifs is 1. The average molecular weight is 524 g/mol. The summed E-state index contributed by atoms with van der Waals surface area (Å²) in [5, 5.41) is 0.230. The second-order valence-electron chi connectivity index (χ2n) is 10.0. The second kappa shape index (κ2) is 9.23. The van der Waals surface area contributed by atoms with Crippen LogP contribution in [0.4, 0.5) is 14.5 Å². The molecule has 0 unspecified atom stereocenters. The number of carbonyl (C=O) groups is 1. The number of amidine groups is 1. The van der Waals surface area contributed by atoms with E-state index >= 15 is 4.39 Å². The number of aromatic nitrogens is 1. The van der Waals surface area contributed by atoms with E-state index in [-0.39, 0.29) is 40.3 Å². The molecule has 1 aromatic heterocycles. The molecule has 5 rings (SSSR count). The summed E-state index contributed by atoms with van der Waals surface area (Å²) in [5.74, 6) is -1.41. The Morgan fingerprint density at radius 2 is 2.03 bits per heavy atom. The molecular formula is C27H27F2N5O2S. The normalized spacial score (nSPS) is 31.2. The Morgan fingerprint density at radius 1 is 1.30 bits per heavy atom. The summed E-state index contributed by atoms with van der Waals surface area (Å²) in [5.41, 5.74) is 6.22. The van der Waals surface area contributed by atoms with Gasteiger partial charge in [-0.1, -0.05) is 23.9 Å². The number of carbonyl (C=O) groups excluding carboxylic acids is 1. The molecule has 1 aromatic carbocycles. The van der Waals surface area contributed by atoms with Gasteiger partial charge in [-0.25, -0.2) is 13.6 Å². The Morgan fingerprint density at radius 3 is 2.68 bits per heavy atom. The number of amides is 1. The fourth-order valence-corrected chi connectivity index (χ4v) is 6.93. The predicted octanol–water partition coefficient (Wildman–Crippen LogP) is 4.91. The highest BCUT2D eigenvalue weighted by Gasteiger charge is 2.71. The number of rotatable bonds is 4. The SMILES string of the molecule is [C-]#[N+]c1ccc(/C(F)=C/c2ccc(F)c([C@@]3(C)N=C(N)S[C@@]4(C(=O)N5[C@H](C)COC[C@@H]5C)C[C@H]43)c2)nc1. The molecular weight excluding hydrogens is 496 g/mol. The summed E-state index contributed by atoms with van der Waals surface area (Å²) in [6, 6.07) is 7.06. The lowest BCUT2D eigenvalue weighted by molar-refractivity contribution is -0.144. The van der Waals surface area contributed by atoms with Crippen LogP contribution in [-0.4, -0.2) is 51.0 Å². The third-order valence-electron chi connectivity index (χ3n) is 7.43. The number of pyridine rings is 1. The van der Waals surface area contributed by atoms with Crippen molar-refractivity contribution in [3.05, 3.63) is 70.6 Å². The topological polar surface area (TPSA) is 85.2 Å². The second-order valence-corrected chi connectivity index (χ2v) is 11.4. The van der Waals surface area contributed by atoms with Gasteiger partial charge in [-0.15, -0.1) is 0 Å². The first kappa shape index (κ1) is 25.4. The number of hydrogen-bond acceptors (Lipinski definition) is 6. The Hall–Kier alpha value is -3.29. The number of nitrogens with two attached hydrogens (primary N) is 1. The van der Waals surface area contributed by atoms with Crippen molar-refractivity contribution in [2.75, 3.05) is 13.2 Å². The largest absolute Gasteiger partial charge is 0.378 e. The standard InChI is InChI=1S/C27H27F2N5O2S/c1-15-13-36-14-16(2)34(15)24(35)27-11-23(27)26(3,33-25(30)37-27)19-9-17(5-7-20(19)28)10-21(29)22-8-6-18(31-4)12-32-22/h5-10,12,15-16,23H,11,13-14H2,1-3H3,(H2,30,33)/b21-10-/t15-,16+,23-,26+,27-/m0/s1. The minimum atomic E-state index is -1.09. The van der Waals surface area contributed by atoms with Crippen molar-refractivity contribution in [2.45, 2.75) is 49.6 Å². The van der Waals surface area contributed by atoms with Crippen molar-refractivity contribution in [1.29, 1.82) is 0 Å². The van der Waals surface area contributed by atoms with Gasteiger partial charge in [0.25, 0.3) is 0 Å². The van der Waals surface area contributed by atoms with Crippen LogP contribution >= 0.6 is 11.8 Å². The van der Waals surface area contributed by atoms with Crippen LogP contribution in [0.15, 0.2) is 41.5 Å². The fourth-order valence-electron chi connectivity index (χ4n) is 5.51. The molecule has 10 heteroatoms. The fraction of sp³-hybridized carbons (Fsp3) is 0.407. The van der Waals surface area contributed by atoms with Gasteiger partial charge in [-0.05, 0) is 57.0 Å². The number of thioether (sulfide) groups is 1.